The van der Waals surface area contributed by atoms with E-state index in [2.05, 4.69) is 26.1 Å². The average molecular weight is 566 g/mol. The number of aliphatic hydroxyl groups excluding tert-OH is 3. The molecule has 1 unspecified atom stereocenters. The van der Waals surface area contributed by atoms with Crippen LogP contribution in [0.25, 0.3) is 0 Å². The summed E-state index contributed by atoms with van der Waals surface area (Å²) in [7, 11) is 0. The van der Waals surface area contributed by atoms with Crippen LogP contribution in [-0.4, -0.2) is 62.7 Å². The molecule has 8 heteroatoms. The second-order valence-corrected chi connectivity index (χ2v) is 15.0. The van der Waals surface area contributed by atoms with Crippen LogP contribution in [0.3, 0.4) is 0 Å². The molecule has 0 aromatic rings. The Labute approximate surface area is 238 Å². The van der Waals surface area contributed by atoms with Gasteiger partial charge in [0.25, 0.3) is 0 Å². The van der Waals surface area contributed by atoms with Gasteiger partial charge in [-0.2, -0.15) is 0 Å². The molecule has 0 aromatic carbocycles. The molecule has 0 bridgehead atoms. The van der Waals surface area contributed by atoms with Gasteiger partial charge < -0.3 is 20.6 Å². The largest absolute Gasteiger partial charge is 0.393 e. The van der Waals surface area contributed by atoms with Gasteiger partial charge in [-0.1, -0.05) is 32.5 Å². The summed E-state index contributed by atoms with van der Waals surface area (Å²) >= 11 is 1.10. The van der Waals surface area contributed by atoms with Crippen molar-refractivity contribution in [1.82, 2.24) is 5.32 Å². The fourth-order valence-electron chi connectivity index (χ4n) is 9.55. The number of hydrogen-bond acceptors (Lipinski definition) is 7. The van der Waals surface area contributed by atoms with E-state index < -0.39 is 12.0 Å². The van der Waals surface area contributed by atoms with Gasteiger partial charge in [-0.3, -0.25) is 14.4 Å². The Kier molecular flexibility index (Phi) is 9.62. The van der Waals surface area contributed by atoms with Gasteiger partial charge in [0.15, 0.2) is 5.12 Å². The smallest absolute Gasteiger partial charge is 0.216 e. The lowest BCUT2D eigenvalue weighted by Crippen LogP contribution is -2.62. The second kappa shape index (κ2) is 12.1. The number of fused-ring (bicyclic) bond motifs is 5. The lowest BCUT2D eigenvalue weighted by Gasteiger charge is -2.63. The highest BCUT2D eigenvalue weighted by Gasteiger charge is 2.65. The standard InChI is InChI=1S/C31H51NO6S/c1-17(6-9-25(35)18(2)29(38)39-13-12-32-19(3)33)22-7-8-23-28-24(16-27(37)31(22,23)5)30(4)11-10-21(34)14-20(30)15-26(28)36/h17-18,20-24,26-28,34,36-37H,6-16H2,1-5H3,(H,32,33)/t17-,18?,20+,21-,22-,23+,24+,26-,27+,28+,30+,31-/m1/s1. The quantitative estimate of drug-likeness (QED) is 0.246. The third-order valence-electron chi connectivity index (χ3n) is 11.9. The Hall–Kier alpha value is -0.960. The zero-order valence-corrected chi connectivity index (χ0v) is 25.3. The highest BCUT2D eigenvalue weighted by molar-refractivity contribution is 8.13. The zero-order valence-electron chi connectivity index (χ0n) is 24.5. The summed E-state index contributed by atoms with van der Waals surface area (Å²) in [4.78, 5) is 36.4. The first kappa shape index (κ1) is 31.0. The van der Waals surface area contributed by atoms with E-state index in [9.17, 15) is 29.7 Å². The number of aliphatic hydroxyl groups is 3. The van der Waals surface area contributed by atoms with Crippen LogP contribution in [0.4, 0.5) is 0 Å². The van der Waals surface area contributed by atoms with Crippen molar-refractivity contribution in [3.63, 3.8) is 0 Å². The van der Waals surface area contributed by atoms with Crippen molar-refractivity contribution in [2.24, 2.45) is 52.3 Å². The molecule has 0 radical (unpaired) electrons. The lowest BCUT2D eigenvalue weighted by molar-refractivity contribution is -0.207. The molecule has 0 aromatic heterocycles. The molecule has 222 valence electrons. The van der Waals surface area contributed by atoms with Crippen LogP contribution < -0.4 is 5.32 Å². The van der Waals surface area contributed by atoms with Crippen LogP contribution in [0.5, 0.6) is 0 Å². The van der Waals surface area contributed by atoms with Gasteiger partial charge in [0, 0.05) is 25.6 Å². The van der Waals surface area contributed by atoms with Crippen LogP contribution in [-0.2, 0) is 14.4 Å². The minimum Gasteiger partial charge on any atom is -0.393 e. The number of carbonyl (C=O) groups is 3. The fourth-order valence-corrected chi connectivity index (χ4v) is 10.3. The van der Waals surface area contributed by atoms with Gasteiger partial charge in [0.05, 0.1) is 24.2 Å². The average Bonchev–Trinajstić information content (AvgIpc) is 3.24. The summed E-state index contributed by atoms with van der Waals surface area (Å²) in [5.74, 6) is 1.16. The van der Waals surface area contributed by atoms with Crippen molar-refractivity contribution in [3.05, 3.63) is 0 Å². The Balaban J connectivity index is 1.38. The molecule has 4 saturated carbocycles. The van der Waals surface area contributed by atoms with Gasteiger partial charge in [-0.05, 0) is 105 Å². The number of carbonyl (C=O) groups excluding carboxylic acids is 3. The third-order valence-corrected chi connectivity index (χ3v) is 13.0. The molecular weight excluding hydrogens is 514 g/mol. The van der Waals surface area contributed by atoms with Crippen molar-refractivity contribution < 1.29 is 29.7 Å². The third kappa shape index (κ3) is 5.87. The Morgan fingerprint density at radius 1 is 1.00 bits per heavy atom. The molecule has 39 heavy (non-hydrogen) atoms. The molecule has 4 N–H and O–H groups in total. The highest BCUT2D eigenvalue weighted by atomic mass is 32.2. The molecule has 1 amide bonds. The van der Waals surface area contributed by atoms with E-state index in [0.717, 1.165) is 50.3 Å². The Morgan fingerprint density at radius 3 is 2.41 bits per heavy atom. The molecule has 0 heterocycles. The molecule has 4 fully saturated rings. The highest BCUT2D eigenvalue weighted by Crippen LogP contribution is 2.68. The van der Waals surface area contributed by atoms with Crippen LogP contribution >= 0.6 is 11.8 Å². The van der Waals surface area contributed by atoms with Crippen molar-refractivity contribution in [1.29, 1.82) is 0 Å². The Morgan fingerprint density at radius 2 is 1.72 bits per heavy atom. The molecule has 4 aliphatic carbocycles. The Bertz CT molecular complexity index is 929. The number of nitrogens with one attached hydrogen (secondary N) is 1. The first-order valence-electron chi connectivity index (χ1n) is 15.3. The molecule has 0 saturated heterocycles. The van der Waals surface area contributed by atoms with Crippen LogP contribution in [0, 0.1) is 52.3 Å². The molecule has 0 aliphatic heterocycles. The molecule has 0 spiro atoms. The van der Waals surface area contributed by atoms with Crippen LogP contribution in [0.15, 0.2) is 0 Å². The van der Waals surface area contributed by atoms with Gasteiger partial charge in [-0.25, -0.2) is 0 Å². The summed E-state index contributed by atoms with van der Waals surface area (Å²) in [6.45, 7) is 10.3. The van der Waals surface area contributed by atoms with Crippen molar-refractivity contribution in [3.8, 4) is 0 Å². The van der Waals surface area contributed by atoms with Gasteiger partial charge in [-0.15, -0.1) is 0 Å². The fraction of sp³-hybridized carbons (Fsp3) is 0.903. The number of rotatable bonds is 9. The molecular formula is C31H51NO6S. The zero-order chi connectivity index (χ0) is 28.7. The summed E-state index contributed by atoms with van der Waals surface area (Å²) < 4.78 is 0. The SMILES string of the molecule is CC(=O)NCCSC(=O)C(C)C(=O)CC[C@@H](C)[C@H]1CC[C@H]2[C@@H]3[C@H](O)C[C@@H]4C[C@H](O)CC[C@]4(C)[C@H]3C[C@H](O)[C@]12C. The number of ketones is 1. The van der Waals surface area contributed by atoms with E-state index in [-0.39, 0.29) is 69.4 Å². The molecule has 4 aliphatic rings. The topological polar surface area (TPSA) is 124 Å². The van der Waals surface area contributed by atoms with Crippen LogP contribution in [0.1, 0.15) is 92.4 Å². The summed E-state index contributed by atoms with van der Waals surface area (Å²) in [6.07, 6.45) is 5.94. The van der Waals surface area contributed by atoms with Crippen molar-refractivity contribution in [2.45, 2.75) is 111 Å². The maximum absolute atomic E-state index is 12.9. The summed E-state index contributed by atoms with van der Waals surface area (Å²) in [5, 5.41) is 36.0. The predicted octanol–water partition coefficient (Wildman–Crippen LogP) is 3.97. The number of hydrogen-bond donors (Lipinski definition) is 4. The van der Waals surface area contributed by atoms with Crippen LogP contribution in [0.2, 0.25) is 0 Å². The first-order chi connectivity index (χ1) is 18.3. The van der Waals surface area contributed by atoms with E-state index in [1.54, 1.807) is 6.92 Å². The molecule has 7 nitrogen and oxygen atoms in total. The van der Waals surface area contributed by atoms with E-state index in [1.807, 2.05) is 0 Å². The predicted molar refractivity (Wildman–Crippen MR) is 153 cm³/mol. The van der Waals surface area contributed by atoms with E-state index in [0.29, 0.717) is 37.5 Å². The van der Waals surface area contributed by atoms with Gasteiger partial charge in [0.2, 0.25) is 5.91 Å². The van der Waals surface area contributed by atoms with E-state index >= 15 is 0 Å². The lowest BCUT2D eigenvalue weighted by atomic mass is 9.43. The molecule has 12 atom stereocenters. The van der Waals surface area contributed by atoms with Gasteiger partial charge >= 0.3 is 0 Å². The number of amides is 1. The second-order valence-electron chi connectivity index (χ2n) is 13.9. The van der Waals surface area contributed by atoms with Gasteiger partial charge in [0.1, 0.15) is 5.78 Å². The number of thioether (sulfide) groups is 1. The van der Waals surface area contributed by atoms with E-state index in [4.69, 9.17) is 0 Å². The number of Topliss-reactive ketones (excluding diaryl/α,β-unsaturated/α-hetero) is 1. The normalized spacial score (nSPS) is 43.0. The maximum atomic E-state index is 12.9. The minimum atomic E-state index is -0.660. The van der Waals surface area contributed by atoms with Crippen molar-refractivity contribution >= 4 is 28.6 Å². The summed E-state index contributed by atoms with van der Waals surface area (Å²) in [6, 6.07) is 0. The monoisotopic (exact) mass is 565 g/mol. The molecule has 4 rings (SSSR count). The maximum Gasteiger partial charge on any atom is 0.216 e. The van der Waals surface area contributed by atoms with Crippen molar-refractivity contribution in [2.75, 3.05) is 12.3 Å². The van der Waals surface area contributed by atoms with E-state index in [1.165, 1.54) is 6.92 Å². The first-order valence-corrected chi connectivity index (χ1v) is 16.3. The summed E-state index contributed by atoms with van der Waals surface area (Å²) in [5.41, 5.74) is -0.229. The minimum absolute atomic E-state index is 0.0380.